The number of alkyl halides is 1. The fraction of sp³-hybridized carbons (Fsp3) is 0.235. The van der Waals surface area contributed by atoms with Crippen LogP contribution in [0.15, 0.2) is 63.7 Å². The molecule has 3 N–H and O–H groups in total. The molecule has 26 heavy (non-hydrogen) atoms. The standard InChI is InChI=1S/C17H19ClN6O2/c1-23(2)17-13(15(19)25)24(12-7-3-4-8-20-12)14(18)16(22-17)21-10-11-6-5-9-26-11/h3-9,14H,10H2,1-2H3,(H2,19,25)(H,21,22). The first-order chi connectivity index (χ1) is 12.5. The van der Waals surface area contributed by atoms with Crippen LogP contribution in [0.25, 0.3) is 0 Å². The van der Waals surface area contributed by atoms with E-state index in [1.54, 1.807) is 54.6 Å². The van der Waals surface area contributed by atoms with Crippen LogP contribution in [-0.4, -0.2) is 41.2 Å². The predicted octanol–water partition coefficient (Wildman–Crippen LogP) is 1.46. The van der Waals surface area contributed by atoms with Crippen molar-refractivity contribution in [1.82, 2.24) is 15.2 Å². The fourth-order valence-electron chi connectivity index (χ4n) is 2.55. The third-order valence-electron chi connectivity index (χ3n) is 3.71. The first-order valence-electron chi connectivity index (χ1n) is 7.89. The minimum absolute atomic E-state index is 0.178. The lowest BCUT2D eigenvalue weighted by Gasteiger charge is -2.36. The highest BCUT2D eigenvalue weighted by Gasteiger charge is 2.36. The van der Waals surface area contributed by atoms with E-state index in [2.05, 4.69) is 15.3 Å². The molecule has 1 aliphatic heterocycles. The number of carbonyl (C=O) groups excluding carboxylic acids is 1. The topological polar surface area (TPSA) is 100.0 Å². The number of aromatic nitrogens is 1. The number of nitrogens with two attached hydrogens (primary N) is 1. The molecule has 0 aromatic carbocycles. The van der Waals surface area contributed by atoms with Crippen molar-refractivity contribution in [3.05, 3.63) is 60.1 Å². The molecule has 0 saturated carbocycles. The van der Waals surface area contributed by atoms with Gasteiger partial charge in [-0.3, -0.25) is 9.69 Å². The maximum Gasteiger partial charge on any atom is 0.269 e. The number of hydrogen-bond donors (Lipinski definition) is 2. The van der Waals surface area contributed by atoms with Crippen molar-refractivity contribution in [3.8, 4) is 0 Å². The van der Waals surface area contributed by atoms with Crippen molar-refractivity contribution in [2.75, 3.05) is 19.0 Å². The van der Waals surface area contributed by atoms with Gasteiger partial charge in [0.1, 0.15) is 17.4 Å². The Labute approximate surface area is 155 Å². The van der Waals surface area contributed by atoms with E-state index in [9.17, 15) is 4.79 Å². The Balaban J connectivity index is 2.03. The number of pyridine rings is 1. The second kappa shape index (κ2) is 7.49. The molecule has 1 atom stereocenters. The van der Waals surface area contributed by atoms with Crippen LogP contribution in [0.4, 0.5) is 5.82 Å². The minimum atomic E-state index is -0.786. The molecule has 3 rings (SSSR count). The lowest BCUT2D eigenvalue weighted by atomic mass is 10.2. The van der Waals surface area contributed by atoms with Gasteiger partial charge in [0.05, 0.1) is 12.8 Å². The monoisotopic (exact) mass is 374 g/mol. The van der Waals surface area contributed by atoms with E-state index in [0.29, 0.717) is 24.0 Å². The summed E-state index contributed by atoms with van der Waals surface area (Å²) >= 11 is 6.63. The zero-order valence-corrected chi connectivity index (χ0v) is 15.1. The van der Waals surface area contributed by atoms with E-state index < -0.39 is 11.4 Å². The molecule has 0 aliphatic carbocycles. The predicted molar refractivity (Wildman–Crippen MR) is 99.2 cm³/mol. The zero-order valence-electron chi connectivity index (χ0n) is 14.4. The maximum atomic E-state index is 12.2. The number of rotatable bonds is 5. The molecule has 2 aromatic rings. The lowest BCUT2D eigenvalue weighted by Crippen LogP contribution is -2.50. The Kier molecular flexibility index (Phi) is 5.13. The van der Waals surface area contributed by atoms with Gasteiger partial charge in [-0.05, 0) is 24.3 Å². The minimum Gasteiger partial charge on any atom is -0.467 e. The van der Waals surface area contributed by atoms with Gasteiger partial charge in [-0.1, -0.05) is 17.7 Å². The van der Waals surface area contributed by atoms with Crippen molar-refractivity contribution in [2.24, 2.45) is 10.7 Å². The summed E-state index contributed by atoms with van der Waals surface area (Å²) in [6.07, 6.45) is 3.21. The Morgan fingerprint density at radius 1 is 1.38 bits per heavy atom. The molecule has 1 amide bonds. The van der Waals surface area contributed by atoms with E-state index in [4.69, 9.17) is 21.8 Å². The van der Waals surface area contributed by atoms with Crippen LogP contribution in [0.3, 0.4) is 0 Å². The largest absolute Gasteiger partial charge is 0.467 e. The second-order valence-electron chi connectivity index (χ2n) is 5.75. The number of amides is 1. The fourth-order valence-corrected chi connectivity index (χ4v) is 2.87. The van der Waals surface area contributed by atoms with Crippen molar-refractivity contribution in [2.45, 2.75) is 12.0 Å². The quantitative estimate of drug-likeness (QED) is 0.607. The van der Waals surface area contributed by atoms with Crippen LogP contribution in [-0.2, 0) is 11.3 Å². The Hall–Kier alpha value is -3.00. The molecule has 1 unspecified atom stereocenters. The van der Waals surface area contributed by atoms with Crippen molar-refractivity contribution in [1.29, 1.82) is 0 Å². The summed E-state index contributed by atoms with van der Waals surface area (Å²) in [6, 6.07) is 8.98. The molecule has 0 radical (unpaired) electrons. The first-order valence-corrected chi connectivity index (χ1v) is 8.33. The van der Waals surface area contributed by atoms with Crippen LogP contribution < -0.4 is 16.0 Å². The van der Waals surface area contributed by atoms with E-state index in [1.807, 2.05) is 12.1 Å². The van der Waals surface area contributed by atoms with Gasteiger partial charge in [0.15, 0.2) is 17.0 Å². The summed E-state index contributed by atoms with van der Waals surface area (Å²) in [5.74, 6) is 1.44. The number of primary amides is 1. The zero-order chi connectivity index (χ0) is 18.7. The normalized spacial score (nSPS) is 17.1. The first kappa shape index (κ1) is 17.8. The molecule has 0 fully saturated rings. The molecule has 0 saturated heterocycles. The van der Waals surface area contributed by atoms with Gasteiger partial charge in [-0.15, -0.1) is 0 Å². The van der Waals surface area contributed by atoms with E-state index in [1.165, 1.54) is 0 Å². The lowest BCUT2D eigenvalue weighted by molar-refractivity contribution is -0.114. The number of nitrogens with one attached hydrogen (secondary N) is 1. The number of aliphatic imine (C=N–C) groups is 1. The second-order valence-corrected chi connectivity index (χ2v) is 6.17. The van der Waals surface area contributed by atoms with Gasteiger partial charge in [0.25, 0.3) is 5.91 Å². The SMILES string of the molecule is CN(C)C1=C(C(N)=O)N(c2ccccn2)C(Cl)C(NCc2ccco2)=N1. The van der Waals surface area contributed by atoms with Crippen LogP contribution in [0.5, 0.6) is 0 Å². The molecule has 136 valence electrons. The molecule has 3 heterocycles. The third kappa shape index (κ3) is 3.50. The number of hydrogen-bond acceptors (Lipinski definition) is 7. The molecule has 8 nitrogen and oxygen atoms in total. The third-order valence-corrected chi connectivity index (χ3v) is 4.11. The van der Waals surface area contributed by atoms with Gasteiger partial charge in [0, 0.05) is 20.3 Å². The van der Waals surface area contributed by atoms with Crippen molar-refractivity contribution < 1.29 is 9.21 Å². The average Bonchev–Trinajstić information content (AvgIpc) is 3.14. The molecule has 0 spiro atoms. The number of carbonyl (C=O) groups is 1. The van der Waals surface area contributed by atoms with Crippen LogP contribution in [0.2, 0.25) is 0 Å². The van der Waals surface area contributed by atoms with E-state index >= 15 is 0 Å². The van der Waals surface area contributed by atoms with Crippen molar-refractivity contribution in [3.63, 3.8) is 0 Å². The van der Waals surface area contributed by atoms with Gasteiger partial charge in [-0.25, -0.2) is 9.98 Å². The molecular formula is C17H19ClN6O2. The Bertz CT molecular complexity index is 832. The van der Waals surface area contributed by atoms with Crippen LogP contribution in [0.1, 0.15) is 5.76 Å². The van der Waals surface area contributed by atoms with E-state index in [0.717, 1.165) is 5.76 Å². The Morgan fingerprint density at radius 3 is 2.77 bits per heavy atom. The summed E-state index contributed by atoms with van der Waals surface area (Å²) in [6.45, 7) is 0.401. The summed E-state index contributed by atoms with van der Waals surface area (Å²) < 4.78 is 5.32. The van der Waals surface area contributed by atoms with Gasteiger partial charge < -0.3 is 20.4 Å². The smallest absolute Gasteiger partial charge is 0.269 e. The molecular weight excluding hydrogens is 356 g/mol. The van der Waals surface area contributed by atoms with Crippen molar-refractivity contribution >= 4 is 29.2 Å². The summed E-state index contributed by atoms with van der Waals surface area (Å²) in [5.41, 5.74) is 5.02. The number of amidine groups is 1. The number of halogens is 1. The van der Waals surface area contributed by atoms with Gasteiger partial charge in [0.2, 0.25) is 0 Å². The van der Waals surface area contributed by atoms with Gasteiger partial charge >= 0.3 is 0 Å². The molecule has 2 aromatic heterocycles. The molecule has 0 bridgehead atoms. The molecule has 1 aliphatic rings. The highest BCUT2D eigenvalue weighted by molar-refractivity contribution is 6.34. The van der Waals surface area contributed by atoms with Crippen LogP contribution in [0, 0.1) is 0 Å². The Morgan fingerprint density at radius 2 is 2.19 bits per heavy atom. The van der Waals surface area contributed by atoms with Crippen LogP contribution >= 0.6 is 11.6 Å². The number of furan rings is 1. The average molecular weight is 375 g/mol. The number of nitrogens with zero attached hydrogens (tertiary/aromatic N) is 4. The highest BCUT2D eigenvalue weighted by Crippen LogP contribution is 2.29. The number of anilines is 1. The summed E-state index contributed by atoms with van der Waals surface area (Å²) in [4.78, 5) is 24.2. The maximum absolute atomic E-state index is 12.2. The summed E-state index contributed by atoms with van der Waals surface area (Å²) in [5, 5.41) is 3.16. The van der Waals surface area contributed by atoms with E-state index in [-0.39, 0.29) is 5.70 Å². The molecule has 9 heteroatoms. The highest BCUT2D eigenvalue weighted by atomic mass is 35.5. The van der Waals surface area contributed by atoms with Gasteiger partial charge in [-0.2, -0.15) is 0 Å². The summed E-state index contributed by atoms with van der Waals surface area (Å²) in [7, 11) is 3.55.